The second kappa shape index (κ2) is 4.28. The Kier molecular flexibility index (Phi) is 2.86. The number of hydrogen-bond donors (Lipinski definition) is 1. The maximum atomic E-state index is 4.63. The van der Waals surface area contributed by atoms with E-state index >= 15 is 0 Å². The van der Waals surface area contributed by atoms with Gasteiger partial charge in [0.05, 0.1) is 6.54 Å². The average molecular weight is 265 g/mol. The highest BCUT2D eigenvalue weighted by molar-refractivity contribution is 7.16. The predicted molar refractivity (Wildman–Crippen MR) is 71.8 cm³/mol. The summed E-state index contributed by atoms with van der Waals surface area (Å²) < 4.78 is 1.94. The lowest BCUT2D eigenvalue weighted by molar-refractivity contribution is 0.393. The van der Waals surface area contributed by atoms with Crippen LogP contribution in [-0.2, 0) is 6.54 Å². The summed E-state index contributed by atoms with van der Waals surface area (Å²) in [7, 11) is 0. The minimum absolute atomic E-state index is 0.114. The maximum absolute atomic E-state index is 4.63. The quantitative estimate of drug-likeness (QED) is 0.925. The molecule has 18 heavy (non-hydrogen) atoms. The molecule has 1 aliphatic carbocycles. The normalized spacial score (nSPS) is 17.3. The fraction of sp³-hybridized carbons (Fsp3) is 0.750. The van der Waals surface area contributed by atoms with Crippen LogP contribution in [0.2, 0.25) is 0 Å². The van der Waals surface area contributed by atoms with Gasteiger partial charge in [-0.05, 0) is 33.6 Å². The molecule has 0 bridgehead atoms. The number of nitrogens with one attached hydrogen (secondary N) is 1. The molecule has 2 heterocycles. The van der Waals surface area contributed by atoms with Crippen LogP contribution in [0.25, 0.3) is 4.96 Å². The van der Waals surface area contributed by atoms with E-state index < -0.39 is 0 Å². The molecule has 1 saturated carbocycles. The summed E-state index contributed by atoms with van der Waals surface area (Å²) in [5, 5.41) is 17.7. The van der Waals surface area contributed by atoms with Gasteiger partial charge in [0.2, 0.25) is 4.96 Å². The molecule has 0 amide bonds. The molecule has 0 saturated heterocycles. The van der Waals surface area contributed by atoms with E-state index in [9.17, 15) is 0 Å². The largest absolute Gasteiger partial charge is 0.306 e. The number of nitrogens with zero attached hydrogens (tertiary/aromatic N) is 4. The van der Waals surface area contributed by atoms with Crippen LogP contribution < -0.4 is 5.32 Å². The Hall–Kier alpha value is -1.01. The maximum Gasteiger partial charge on any atom is 0.234 e. The van der Waals surface area contributed by atoms with Crippen LogP contribution in [0.3, 0.4) is 0 Å². The summed E-state index contributed by atoms with van der Waals surface area (Å²) in [6.07, 6.45) is 3.77. The molecule has 2 aromatic heterocycles. The molecule has 98 valence electrons. The molecular formula is C12H19N5S. The molecule has 1 N–H and O–H groups in total. The Bertz CT molecular complexity index is 546. The summed E-state index contributed by atoms with van der Waals surface area (Å²) in [6.45, 7) is 7.27. The zero-order valence-electron chi connectivity index (χ0n) is 11.1. The molecule has 5 nitrogen and oxygen atoms in total. The van der Waals surface area contributed by atoms with Crippen LogP contribution in [0.1, 0.15) is 56.8 Å². The van der Waals surface area contributed by atoms with Gasteiger partial charge in [-0.25, -0.2) is 0 Å². The third-order valence-electron chi connectivity index (χ3n) is 3.30. The molecule has 0 unspecified atom stereocenters. The number of hydrogen-bond acceptors (Lipinski definition) is 5. The minimum Gasteiger partial charge on any atom is -0.306 e. The van der Waals surface area contributed by atoms with Gasteiger partial charge in [-0.1, -0.05) is 17.8 Å². The van der Waals surface area contributed by atoms with Gasteiger partial charge in [-0.15, -0.1) is 10.2 Å². The molecule has 6 heteroatoms. The van der Waals surface area contributed by atoms with Crippen molar-refractivity contribution >= 4 is 16.3 Å². The lowest BCUT2D eigenvalue weighted by Crippen LogP contribution is -2.35. The summed E-state index contributed by atoms with van der Waals surface area (Å²) in [5.41, 5.74) is 0.114. The summed E-state index contributed by atoms with van der Waals surface area (Å²) >= 11 is 1.63. The highest BCUT2D eigenvalue weighted by Gasteiger charge is 2.26. The summed E-state index contributed by atoms with van der Waals surface area (Å²) in [6, 6.07) is 0. The van der Waals surface area contributed by atoms with Crippen LogP contribution in [0, 0.1) is 0 Å². The first kappa shape index (κ1) is 12.0. The molecule has 1 aliphatic rings. The average Bonchev–Trinajstić information content (AvgIpc) is 2.73. The van der Waals surface area contributed by atoms with Gasteiger partial charge in [-0.3, -0.25) is 0 Å². The Balaban J connectivity index is 1.80. The third-order valence-corrected chi connectivity index (χ3v) is 4.20. The first-order valence-electron chi connectivity index (χ1n) is 6.49. The fourth-order valence-electron chi connectivity index (χ4n) is 2.00. The SMILES string of the molecule is CC(C)(C)NCc1nn2c(C3CCC3)nnc2s1. The number of rotatable bonds is 3. The topological polar surface area (TPSA) is 55.1 Å². The Labute approximate surface area is 111 Å². The first-order valence-corrected chi connectivity index (χ1v) is 7.31. The second-order valence-electron chi connectivity index (χ2n) is 5.98. The van der Waals surface area contributed by atoms with E-state index in [2.05, 4.69) is 41.4 Å². The Morgan fingerprint density at radius 3 is 2.72 bits per heavy atom. The van der Waals surface area contributed by atoms with E-state index in [-0.39, 0.29) is 5.54 Å². The first-order chi connectivity index (χ1) is 8.53. The summed E-state index contributed by atoms with van der Waals surface area (Å²) in [4.78, 5) is 0.919. The number of fused-ring (bicyclic) bond motifs is 1. The molecule has 0 spiro atoms. The molecule has 0 aliphatic heterocycles. The summed E-state index contributed by atoms with van der Waals surface area (Å²) in [5.74, 6) is 1.63. The van der Waals surface area contributed by atoms with Crippen molar-refractivity contribution in [3.05, 3.63) is 10.8 Å². The van der Waals surface area contributed by atoms with Crippen LogP contribution in [-0.4, -0.2) is 25.4 Å². The van der Waals surface area contributed by atoms with Crippen molar-refractivity contribution in [3.63, 3.8) is 0 Å². The van der Waals surface area contributed by atoms with Crippen LogP contribution in [0.5, 0.6) is 0 Å². The van der Waals surface area contributed by atoms with Crippen LogP contribution in [0.4, 0.5) is 0 Å². The fourth-order valence-corrected chi connectivity index (χ4v) is 2.78. The Morgan fingerprint density at radius 1 is 1.33 bits per heavy atom. The van der Waals surface area contributed by atoms with Gasteiger partial charge in [-0.2, -0.15) is 9.61 Å². The monoisotopic (exact) mass is 265 g/mol. The van der Waals surface area contributed by atoms with E-state index in [4.69, 9.17) is 0 Å². The molecular weight excluding hydrogens is 246 g/mol. The standard InChI is InChI=1S/C12H19N5S/c1-12(2,3)13-7-9-16-17-10(8-5-4-6-8)14-15-11(17)18-9/h8,13H,4-7H2,1-3H3. The molecule has 3 rings (SSSR count). The van der Waals surface area contributed by atoms with E-state index in [1.165, 1.54) is 19.3 Å². The molecule has 2 aromatic rings. The van der Waals surface area contributed by atoms with Crippen molar-refractivity contribution < 1.29 is 0 Å². The van der Waals surface area contributed by atoms with Crippen molar-refractivity contribution in [1.29, 1.82) is 0 Å². The van der Waals surface area contributed by atoms with Crippen molar-refractivity contribution in [2.45, 2.75) is 58.0 Å². The highest BCUT2D eigenvalue weighted by Crippen LogP contribution is 2.35. The van der Waals surface area contributed by atoms with Crippen molar-refractivity contribution in [2.24, 2.45) is 0 Å². The third kappa shape index (κ3) is 2.27. The van der Waals surface area contributed by atoms with Gasteiger partial charge in [0.1, 0.15) is 5.01 Å². The van der Waals surface area contributed by atoms with Crippen LogP contribution in [0.15, 0.2) is 0 Å². The molecule has 0 aromatic carbocycles. The highest BCUT2D eigenvalue weighted by atomic mass is 32.1. The van der Waals surface area contributed by atoms with E-state index in [0.717, 1.165) is 22.3 Å². The van der Waals surface area contributed by atoms with Gasteiger partial charge in [0, 0.05) is 11.5 Å². The van der Waals surface area contributed by atoms with Crippen molar-refractivity contribution in [2.75, 3.05) is 0 Å². The van der Waals surface area contributed by atoms with Gasteiger partial charge >= 0.3 is 0 Å². The molecule has 0 atom stereocenters. The van der Waals surface area contributed by atoms with E-state index in [1.807, 2.05) is 4.52 Å². The second-order valence-corrected chi connectivity index (χ2v) is 7.02. The zero-order valence-corrected chi connectivity index (χ0v) is 11.9. The number of aromatic nitrogens is 4. The smallest absolute Gasteiger partial charge is 0.234 e. The van der Waals surface area contributed by atoms with Crippen molar-refractivity contribution in [3.8, 4) is 0 Å². The predicted octanol–water partition coefficient (Wildman–Crippen LogP) is 2.34. The van der Waals surface area contributed by atoms with Gasteiger partial charge in [0.25, 0.3) is 0 Å². The van der Waals surface area contributed by atoms with Crippen molar-refractivity contribution in [1.82, 2.24) is 25.1 Å². The lowest BCUT2D eigenvalue weighted by atomic mass is 9.85. The van der Waals surface area contributed by atoms with E-state index in [1.54, 1.807) is 11.3 Å². The van der Waals surface area contributed by atoms with Gasteiger partial charge in [0.15, 0.2) is 5.82 Å². The Morgan fingerprint density at radius 2 is 2.11 bits per heavy atom. The molecule has 1 fully saturated rings. The van der Waals surface area contributed by atoms with Crippen LogP contribution >= 0.6 is 11.3 Å². The van der Waals surface area contributed by atoms with E-state index in [0.29, 0.717) is 5.92 Å². The molecule has 0 radical (unpaired) electrons. The van der Waals surface area contributed by atoms with Gasteiger partial charge < -0.3 is 5.32 Å². The minimum atomic E-state index is 0.114. The zero-order chi connectivity index (χ0) is 12.8. The lowest BCUT2D eigenvalue weighted by Gasteiger charge is -2.22.